The molecule has 0 atom stereocenters. The van der Waals surface area contributed by atoms with Crippen LogP contribution in [0.3, 0.4) is 0 Å². The zero-order valence-corrected chi connectivity index (χ0v) is 11.8. The van der Waals surface area contributed by atoms with E-state index in [1.165, 1.54) is 0 Å². The first-order valence-electron chi connectivity index (χ1n) is 5.55. The summed E-state index contributed by atoms with van der Waals surface area (Å²) in [6.45, 7) is 1.75. The molecular formula is C9H24N4O9. The number of primary amides is 3. The van der Waals surface area contributed by atoms with Crippen molar-refractivity contribution in [3.8, 4) is 0 Å². The highest BCUT2D eigenvalue weighted by molar-refractivity contribution is 5.62. The zero-order valence-electron chi connectivity index (χ0n) is 11.8. The van der Waals surface area contributed by atoms with E-state index < -0.39 is 18.3 Å². The van der Waals surface area contributed by atoms with Gasteiger partial charge in [-0.1, -0.05) is 0 Å². The van der Waals surface area contributed by atoms with Gasteiger partial charge in [-0.25, -0.2) is 14.4 Å². The van der Waals surface area contributed by atoms with Gasteiger partial charge in [0.05, 0.1) is 19.8 Å². The van der Waals surface area contributed by atoms with Gasteiger partial charge in [-0.2, -0.15) is 0 Å². The summed E-state index contributed by atoms with van der Waals surface area (Å²) >= 11 is 0. The highest BCUT2D eigenvalue weighted by atomic mass is 16.4. The number of carbonyl (C=O) groups is 3. The first kappa shape index (κ1) is 27.9. The molecule has 3 amide bonds. The van der Waals surface area contributed by atoms with Gasteiger partial charge in [-0.3, -0.25) is 4.90 Å². The van der Waals surface area contributed by atoms with Crippen LogP contribution in [0, 0.1) is 0 Å². The van der Waals surface area contributed by atoms with Crippen LogP contribution in [0.15, 0.2) is 0 Å². The fraction of sp³-hybridized carbons (Fsp3) is 0.667. The molecule has 0 spiro atoms. The van der Waals surface area contributed by atoms with E-state index in [9.17, 15) is 0 Å². The van der Waals surface area contributed by atoms with Gasteiger partial charge in [0, 0.05) is 19.6 Å². The van der Waals surface area contributed by atoms with E-state index in [0.29, 0.717) is 19.6 Å². The van der Waals surface area contributed by atoms with E-state index in [1.54, 1.807) is 4.90 Å². The number of rotatable bonds is 6. The van der Waals surface area contributed by atoms with E-state index in [4.69, 9.17) is 45.0 Å². The summed E-state index contributed by atoms with van der Waals surface area (Å²) in [6.07, 6.45) is -4.00. The standard InChI is InChI=1S/C6H15NO3.3CH3NO2/c8-4-1-7(2-5-9)3-6-10;3*2-1(3)4/h8-10H,1-6H2;3*2H2,(H,3,4). The second-order valence-electron chi connectivity index (χ2n) is 3.03. The fourth-order valence-electron chi connectivity index (χ4n) is 0.760. The third kappa shape index (κ3) is 111. The molecule has 0 aromatic carbocycles. The molecule has 0 aliphatic carbocycles. The van der Waals surface area contributed by atoms with Crippen LogP contribution in [-0.4, -0.2) is 93.3 Å². The molecule has 0 radical (unpaired) electrons. The minimum atomic E-state index is -1.33. The van der Waals surface area contributed by atoms with Crippen LogP contribution in [0.1, 0.15) is 0 Å². The molecule has 0 aromatic heterocycles. The summed E-state index contributed by atoms with van der Waals surface area (Å²) in [5, 5.41) is 47.0. The summed E-state index contributed by atoms with van der Waals surface area (Å²) in [5.41, 5.74) is 12.1. The van der Waals surface area contributed by atoms with Gasteiger partial charge < -0.3 is 47.8 Å². The number of nitrogens with zero attached hydrogens (tertiary/aromatic N) is 1. The molecule has 0 heterocycles. The lowest BCUT2D eigenvalue weighted by molar-refractivity contribution is 0.136. The summed E-state index contributed by atoms with van der Waals surface area (Å²) in [4.78, 5) is 28.1. The molecule has 22 heavy (non-hydrogen) atoms. The average Bonchev–Trinajstić information content (AvgIpc) is 2.27. The second kappa shape index (κ2) is 23.7. The Morgan fingerprint density at radius 1 is 0.636 bits per heavy atom. The second-order valence-corrected chi connectivity index (χ2v) is 3.03. The first-order chi connectivity index (χ1) is 10.0. The van der Waals surface area contributed by atoms with Crippen molar-refractivity contribution < 1.29 is 45.0 Å². The van der Waals surface area contributed by atoms with Crippen molar-refractivity contribution in [3.05, 3.63) is 0 Å². The van der Waals surface area contributed by atoms with Crippen molar-refractivity contribution in [1.82, 2.24) is 4.90 Å². The lowest BCUT2D eigenvalue weighted by atomic mass is 10.4. The third-order valence-corrected chi connectivity index (χ3v) is 1.25. The van der Waals surface area contributed by atoms with Crippen LogP contribution in [0.5, 0.6) is 0 Å². The van der Waals surface area contributed by atoms with Crippen LogP contribution in [-0.2, 0) is 0 Å². The van der Waals surface area contributed by atoms with Crippen molar-refractivity contribution in [1.29, 1.82) is 0 Å². The number of hydrogen-bond acceptors (Lipinski definition) is 7. The molecular weight excluding hydrogens is 308 g/mol. The van der Waals surface area contributed by atoms with Crippen molar-refractivity contribution in [2.45, 2.75) is 0 Å². The van der Waals surface area contributed by atoms with E-state index in [1.807, 2.05) is 0 Å². The fourth-order valence-corrected chi connectivity index (χ4v) is 0.760. The highest BCUT2D eigenvalue weighted by Crippen LogP contribution is 1.84. The molecule has 0 aromatic rings. The molecule has 0 fully saturated rings. The van der Waals surface area contributed by atoms with Crippen molar-refractivity contribution >= 4 is 18.3 Å². The van der Waals surface area contributed by atoms with E-state index in [2.05, 4.69) is 17.2 Å². The lowest BCUT2D eigenvalue weighted by Gasteiger charge is -2.17. The van der Waals surface area contributed by atoms with Gasteiger partial charge in [-0.15, -0.1) is 0 Å². The van der Waals surface area contributed by atoms with Crippen LogP contribution in [0.25, 0.3) is 0 Å². The van der Waals surface area contributed by atoms with Gasteiger partial charge in [0.2, 0.25) is 0 Å². The summed E-state index contributed by atoms with van der Waals surface area (Å²) in [6, 6.07) is 0. The number of aliphatic hydroxyl groups excluding tert-OH is 3. The van der Waals surface area contributed by atoms with Crippen LogP contribution in [0.4, 0.5) is 14.4 Å². The number of aliphatic hydroxyl groups is 3. The number of hydrogen-bond donors (Lipinski definition) is 9. The molecule has 12 N–H and O–H groups in total. The molecule has 0 aliphatic rings. The van der Waals surface area contributed by atoms with Crippen LogP contribution >= 0.6 is 0 Å². The minimum absolute atomic E-state index is 0.0694. The number of carboxylic acid groups (broad SMARTS) is 3. The van der Waals surface area contributed by atoms with Crippen molar-refractivity contribution in [2.75, 3.05) is 39.5 Å². The molecule has 13 heteroatoms. The Bertz CT molecular complexity index is 223. The van der Waals surface area contributed by atoms with Crippen LogP contribution < -0.4 is 17.2 Å². The number of amides is 3. The Morgan fingerprint density at radius 3 is 0.864 bits per heavy atom. The molecule has 0 bridgehead atoms. The maximum Gasteiger partial charge on any atom is 0.402 e. The normalized spacial score (nSPS) is 8.18. The lowest BCUT2D eigenvalue weighted by Crippen LogP contribution is -2.32. The quantitative estimate of drug-likeness (QED) is 0.240. The van der Waals surface area contributed by atoms with Gasteiger partial charge >= 0.3 is 18.3 Å². The average molecular weight is 332 g/mol. The molecule has 13 nitrogen and oxygen atoms in total. The van der Waals surface area contributed by atoms with E-state index in [-0.39, 0.29) is 19.8 Å². The van der Waals surface area contributed by atoms with E-state index >= 15 is 0 Å². The summed E-state index contributed by atoms with van der Waals surface area (Å²) in [5.74, 6) is 0. The Morgan fingerprint density at radius 2 is 0.773 bits per heavy atom. The Hall–Kier alpha value is -2.35. The van der Waals surface area contributed by atoms with Crippen molar-refractivity contribution in [3.63, 3.8) is 0 Å². The molecule has 0 aliphatic heterocycles. The molecule has 0 saturated carbocycles. The molecule has 0 rings (SSSR count). The summed E-state index contributed by atoms with van der Waals surface area (Å²) < 4.78 is 0. The highest BCUT2D eigenvalue weighted by Gasteiger charge is 2.00. The topological polar surface area (TPSA) is 254 Å². The largest absolute Gasteiger partial charge is 0.465 e. The smallest absolute Gasteiger partial charge is 0.402 e. The monoisotopic (exact) mass is 332 g/mol. The third-order valence-electron chi connectivity index (χ3n) is 1.25. The Labute approximate surface area is 126 Å². The zero-order chi connectivity index (χ0) is 18.6. The number of nitrogens with two attached hydrogens (primary N) is 3. The Balaban J connectivity index is -0.000000112. The summed E-state index contributed by atoms with van der Waals surface area (Å²) in [7, 11) is 0. The van der Waals surface area contributed by atoms with Gasteiger partial charge in [0.15, 0.2) is 0 Å². The molecule has 0 unspecified atom stereocenters. The molecule has 0 saturated heterocycles. The maximum absolute atomic E-state index is 8.78. The van der Waals surface area contributed by atoms with Gasteiger partial charge in [-0.05, 0) is 0 Å². The predicted molar refractivity (Wildman–Crippen MR) is 74.3 cm³/mol. The van der Waals surface area contributed by atoms with Crippen LogP contribution in [0.2, 0.25) is 0 Å². The predicted octanol–water partition coefficient (Wildman–Crippen LogP) is -2.87. The maximum atomic E-state index is 8.78. The van der Waals surface area contributed by atoms with E-state index in [0.717, 1.165) is 0 Å². The SMILES string of the molecule is NC(=O)O.NC(=O)O.NC(=O)O.OCCN(CCO)CCO. The Kier molecular flexibility index (Phi) is 30.1. The van der Waals surface area contributed by atoms with Gasteiger partial charge in [0.1, 0.15) is 0 Å². The van der Waals surface area contributed by atoms with Gasteiger partial charge in [0.25, 0.3) is 0 Å². The van der Waals surface area contributed by atoms with Crippen molar-refractivity contribution in [2.24, 2.45) is 17.2 Å². The first-order valence-corrected chi connectivity index (χ1v) is 5.55. The molecule has 134 valence electrons. The minimum Gasteiger partial charge on any atom is -0.465 e.